The SMILES string of the molecule is COC(=O)Cn1c(CCCCCNC(=O)c2ccccc2OC)nc2ccccc21. The van der Waals surface area contributed by atoms with E-state index in [0.717, 1.165) is 42.5 Å². The first-order valence-electron chi connectivity index (χ1n) is 10.1. The van der Waals surface area contributed by atoms with Crippen LogP contribution < -0.4 is 10.1 Å². The predicted octanol–water partition coefficient (Wildman–Crippen LogP) is 3.36. The molecule has 0 atom stereocenters. The molecule has 0 saturated carbocycles. The van der Waals surface area contributed by atoms with Crippen molar-refractivity contribution in [1.29, 1.82) is 0 Å². The number of benzene rings is 2. The second-order valence-electron chi connectivity index (χ2n) is 6.95. The van der Waals surface area contributed by atoms with Gasteiger partial charge in [0.25, 0.3) is 5.91 Å². The molecule has 0 unspecified atom stereocenters. The third-order valence-electron chi connectivity index (χ3n) is 4.96. The topological polar surface area (TPSA) is 82.5 Å². The van der Waals surface area contributed by atoms with Crippen LogP contribution in [-0.4, -0.2) is 42.2 Å². The van der Waals surface area contributed by atoms with E-state index in [1.807, 2.05) is 41.0 Å². The van der Waals surface area contributed by atoms with Crippen LogP contribution in [0, 0.1) is 0 Å². The van der Waals surface area contributed by atoms with Gasteiger partial charge in [-0.2, -0.15) is 0 Å². The van der Waals surface area contributed by atoms with Gasteiger partial charge in [0.1, 0.15) is 18.1 Å². The Bertz CT molecular complexity index is 1010. The molecule has 3 rings (SSSR count). The lowest BCUT2D eigenvalue weighted by molar-refractivity contribution is -0.141. The standard InChI is InChI=1S/C23H27N3O4/c1-29-20-13-8-5-10-17(20)23(28)24-15-9-3-4-14-21-25-18-11-6-7-12-19(18)26(21)16-22(27)30-2/h5-8,10-13H,3-4,9,14-16H2,1-2H3,(H,24,28). The molecule has 1 N–H and O–H groups in total. The molecule has 0 saturated heterocycles. The second kappa shape index (κ2) is 10.4. The minimum Gasteiger partial charge on any atom is -0.496 e. The van der Waals surface area contributed by atoms with Crippen LogP contribution in [0.4, 0.5) is 0 Å². The number of hydrogen-bond donors (Lipinski definition) is 1. The Kier molecular flexibility index (Phi) is 7.43. The van der Waals surface area contributed by atoms with Gasteiger partial charge in [0, 0.05) is 13.0 Å². The fraction of sp³-hybridized carbons (Fsp3) is 0.348. The number of methoxy groups -OCH3 is 2. The summed E-state index contributed by atoms with van der Waals surface area (Å²) in [4.78, 5) is 28.8. The van der Waals surface area contributed by atoms with Crippen LogP contribution in [0.15, 0.2) is 48.5 Å². The highest BCUT2D eigenvalue weighted by atomic mass is 16.5. The summed E-state index contributed by atoms with van der Waals surface area (Å²) in [6.45, 7) is 0.747. The molecular formula is C23H27N3O4. The number of hydrogen-bond acceptors (Lipinski definition) is 5. The van der Waals surface area contributed by atoms with Gasteiger partial charge in [0.05, 0.1) is 30.8 Å². The number of carbonyl (C=O) groups excluding carboxylic acids is 2. The number of rotatable bonds is 10. The van der Waals surface area contributed by atoms with Crippen molar-refractivity contribution < 1.29 is 19.1 Å². The molecule has 0 fully saturated rings. The number of para-hydroxylation sites is 3. The predicted molar refractivity (Wildman–Crippen MR) is 115 cm³/mol. The maximum atomic E-state index is 12.3. The summed E-state index contributed by atoms with van der Waals surface area (Å²) in [7, 11) is 2.94. The zero-order valence-corrected chi connectivity index (χ0v) is 17.4. The van der Waals surface area contributed by atoms with E-state index in [0.29, 0.717) is 17.9 Å². The van der Waals surface area contributed by atoms with E-state index in [4.69, 9.17) is 9.47 Å². The number of amides is 1. The van der Waals surface area contributed by atoms with Crippen LogP contribution in [0.2, 0.25) is 0 Å². The molecule has 1 heterocycles. The summed E-state index contributed by atoms with van der Waals surface area (Å²) in [5, 5.41) is 2.94. The van der Waals surface area contributed by atoms with E-state index >= 15 is 0 Å². The number of unbranched alkanes of at least 4 members (excludes halogenated alkanes) is 2. The fourth-order valence-electron chi connectivity index (χ4n) is 3.40. The summed E-state index contributed by atoms with van der Waals surface area (Å²) < 4.78 is 12.0. The van der Waals surface area contributed by atoms with Gasteiger partial charge in [-0.3, -0.25) is 9.59 Å². The normalized spacial score (nSPS) is 10.7. The number of imidazole rings is 1. The molecule has 0 bridgehead atoms. The molecule has 158 valence electrons. The molecule has 3 aromatic rings. The minimum absolute atomic E-state index is 0.132. The molecule has 0 spiro atoms. The van der Waals surface area contributed by atoms with Crippen LogP contribution in [0.3, 0.4) is 0 Å². The van der Waals surface area contributed by atoms with Crippen molar-refractivity contribution in [3.63, 3.8) is 0 Å². The summed E-state index contributed by atoms with van der Waals surface area (Å²) in [5.41, 5.74) is 2.35. The molecule has 7 heteroatoms. The smallest absolute Gasteiger partial charge is 0.325 e. The van der Waals surface area contributed by atoms with Crippen molar-refractivity contribution in [3.05, 3.63) is 59.9 Å². The lowest BCUT2D eigenvalue weighted by Gasteiger charge is -2.09. The van der Waals surface area contributed by atoms with Gasteiger partial charge in [-0.05, 0) is 37.1 Å². The Balaban J connectivity index is 1.50. The first kappa shape index (κ1) is 21.4. The quantitative estimate of drug-likeness (QED) is 0.410. The van der Waals surface area contributed by atoms with E-state index in [1.165, 1.54) is 7.11 Å². The highest BCUT2D eigenvalue weighted by molar-refractivity contribution is 5.96. The van der Waals surface area contributed by atoms with Crippen molar-refractivity contribution in [2.24, 2.45) is 0 Å². The monoisotopic (exact) mass is 409 g/mol. The van der Waals surface area contributed by atoms with Crippen molar-refractivity contribution in [2.75, 3.05) is 20.8 Å². The molecular weight excluding hydrogens is 382 g/mol. The van der Waals surface area contributed by atoms with Crippen molar-refractivity contribution in [2.45, 2.75) is 32.2 Å². The van der Waals surface area contributed by atoms with E-state index in [2.05, 4.69) is 10.3 Å². The van der Waals surface area contributed by atoms with Gasteiger partial charge in [-0.1, -0.05) is 30.7 Å². The van der Waals surface area contributed by atoms with Crippen LogP contribution in [0.1, 0.15) is 35.4 Å². The fourth-order valence-corrected chi connectivity index (χ4v) is 3.40. The maximum Gasteiger partial charge on any atom is 0.325 e. The summed E-state index contributed by atoms with van der Waals surface area (Å²) in [5.74, 6) is 1.02. The number of nitrogens with one attached hydrogen (secondary N) is 1. The van der Waals surface area contributed by atoms with E-state index in [1.54, 1.807) is 19.2 Å². The largest absolute Gasteiger partial charge is 0.496 e. The lowest BCUT2D eigenvalue weighted by Crippen LogP contribution is -2.24. The Morgan fingerprint density at radius 3 is 2.57 bits per heavy atom. The number of ether oxygens (including phenoxy) is 2. The molecule has 2 aromatic carbocycles. The molecule has 0 aliphatic carbocycles. The molecule has 0 aliphatic rings. The van der Waals surface area contributed by atoms with E-state index in [-0.39, 0.29) is 18.4 Å². The number of aromatic nitrogens is 2. The highest BCUT2D eigenvalue weighted by Gasteiger charge is 2.14. The third-order valence-corrected chi connectivity index (χ3v) is 4.96. The molecule has 0 radical (unpaired) electrons. The summed E-state index contributed by atoms with van der Waals surface area (Å²) in [6.07, 6.45) is 3.47. The Hall–Kier alpha value is -3.35. The van der Waals surface area contributed by atoms with Gasteiger partial charge in [-0.15, -0.1) is 0 Å². The average molecular weight is 409 g/mol. The molecule has 1 amide bonds. The summed E-state index contributed by atoms with van der Waals surface area (Å²) >= 11 is 0. The van der Waals surface area contributed by atoms with Crippen molar-refractivity contribution >= 4 is 22.9 Å². The van der Waals surface area contributed by atoms with Crippen molar-refractivity contribution in [1.82, 2.24) is 14.9 Å². The number of esters is 1. The molecule has 30 heavy (non-hydrogen) atoms. The van der Waals surface area contributed by atoms with Crippen molar-refractivity contribution in [3.8, 4) is 5.75 Å². The first-order valence-corrected chi connectivity index (χ1v) is 10.1. The highest BCUT2D eigenvalue weighted by Crippen LogP contribution is 2.19. The van der Waals surface area contributed by atoms with Crippen LogP contribution in [0.5, 0.6) is 5.75 Å². The molecule has 7 nitrogen and oxygen atoms in total. The molecule has 0 aliphatic heterocycles. The van der Waals surface area contributed by atoms with Gasteiger partial charge in [0.2, 0.25) is 0 Å². The number of fused-ring (bicyclic) bond motifs is 1. The number of nitrogens with zero attached hydrogens (tertiary/aromatic N) is 2. The number of aryl methyl sites for hydroxylation is 1. The Labute approximate surface area is 176 Å². The van der Waals surface area contributed by atoms with Gasteiger partial charge in [-0.25, -0.2) is 4.98 Å². The van der Waals surface area contributed by atoms with Gasteiger partial charge >= 0.3 is 5.97 Å². The van der Waals surface area contributed by atoms with E-state index < -0.39 is 0 Å². The first-order chi connectivity index (χ1) is 14.6. The zero-order chi connectivity index (χ0) is 21.3. The number of carbonyl (C=O) groups is 2. The van der Waals surface area contributed by atoms with Crippen LogP contribution in [-0.2, 0) is 22.5 Å². The Morgan fingerprint density at radius 1 is 1.00 bits per heavy atom. The zero-order valence-electron chi connectivity index (χ0n) is 17.4. The Morgan fingerprint density at radius 2 is 1.77 bits per heavy atom. The molecule has 1 aromatic heterocycles. The minimum atomic E-state index is -0.293. The lowest BCUT2D eigenvalue weighted by atomic mass is 10.1. The maximum absolute atomic E-state index is 12.3. The van der Waals surface area contributed by atoms with Gasteiger partial charge in [0.15, 0.2) is 0 Å². The third kappa shape index (κ3) is 5.17. The van der Waals surface area contributed by atoms with Crippen LogP contribution in [0.25, 0.3) is 11.0 Å². The van der Waals surface area contributed by atoms with Gasteiger partial charge < -0.3 is 19.4 Å². The average Bonchev–Trinajstić information content (AvgIpc) is 3.12. The van der Waals surface area contributed by atoms with Crippen LogP contribution >= 0.6 is 0 Å². The summed E-state index contributed by atoms with van der Waals surface area (Å²) in [6, 6.07) is 15.0. The van der Waals surface area contributed by atoms with E-state index in [9.17, 15) is 9.59 Å². The second-order valence-corrected chi connectivity index (χ2v) is 6.95.